The van der Waals surface area contributed by atoms with E-state index in [1.54, 1.807) is 0 Å². The van der Waals surface area contributed by atoms with E-state index in [1.807, 2.05) is 13.8 Å². The molecule has 0 aliphatic carbocycles. The Morgan fingerprint density at radius 3 is 2.00 bits per heavy atom. The van der Waals surface area contributed by atoms with Gasteiger partial charge in [-0.05, 0) is 34.6 Å². The molecule has 3 nitrogen and oxygen atoms in total. The molecule has 0 aromatic rings. The zero-order valence-electron chi connectivity index (χ0n) is 8.55. The predicted octanol–water partition coefficient (Wildman–Crippen LogP) is 2.76. The average molecular weight is 167 g/mol. The van der Waals surface area contributed by atoms with Gasteiger partial charge < -0.3 is 4.90 Å². The molecule has 12 heavy (non-hydrogen) atoms. The van der Waals surface area contributed by atoms with E-state index in [9.17, 15) is 0 Å². The molecule has 0 bridgehead atoms. The Morgan fingerprint density at radius 2 is 1.83 bits per heavy atom. The molecule has 0 amide bonds. The van der Waals surface area contributed by atoms with Crippen molar-refractivity contribution in [1.82, 2.24) is 4.90 Å². The highest BCUT2D eigenvalue weighted by Crippen LogP contribution is 2.35. The maximum absolute atomic E-state index is 4.15. The van der Waals surface area contributed by atoms with Crippen LogP contribution in [0, 0.1) is 0 Å². The lowest BCUT2D eigenvalue weighted by Gasteiger charge is -2.41. The first-order valence-electron chi connectivity index (χ1n) is 4.17. The highest BCUT2D eigenvalue weighted by atomic mass is 15.5. The molecule has 3 heteroatoms. The van der Waals surface area contributed by atoms with Crippen LogP contribution in [0.1, 0.15) is 34.6 Å². The first kappa shape index (κ1) is 9.23. The molecule has 0 saturated heterocycles. The maximum atomic E-state index is 4.15. The highest BCUT2D eigenvalue weighted by molar-refractivity contribution is 5.07. The van der Waals surface area contributed by atoms with E-state index in [4.69, 9.17) is 0 Å². The van der Waals surface area contributed by atoms with Crippen LogP contribution >= 0.6 is 0 Å². The predicted molar refractivity (Wildman–Crippen MR) is 49.7 cm³/mol. The zero-order chi connectivity index (χ0) is 9.57. The molecule has 0 unspecified atom stereocenters. The zero-order valence-corrected chi connectivity index (χ0v) is 8.55. The third-order valence-corrected chi connectivity index (χ3v) is 1.89. The van der Waals surface area contributed by atoms with Gasteiger partial charge in [-0.25, -0.2) is 0 Å². The molecule has 68 valence electrons. The highest BCUT2D eigenvalue weighted by Gasteiger charge is 2.39. The normalized spacial score (nSPS) is 22.1. The minimum absolute atomic E-state index is 0.0318. The van der Waals surface area contributed by atoms with Crippen molar-refractivity contribution in [2.75, 3.05) is 0 Å². The van der Waals surface area contributed by atoms with Crippen LogP contribution in [0.2, 0.25) is 0 Å². The Balaban J connectivity index is 2.99. The van der Waals surface area contributed by atoms with Crippen LogP contribution < -0.4 is 0 Å². The summed E-state index contributed by atoms with van der Waals surface area (Å²) >= 11 is 0. The largest absolute Gasteiger partial charge is 0.325 e. The summed E-state index contributed by atoms with van der Waals surface area (Å²) in [7, 11) is 0. The molecule has 1 heterocycles. The van der Waals surface area contributed by atoms with Crippen molar-refractivity contribution in [1.29, 1.82) is 0 Å². The van der Waals surface area contributed by atoms with E-state index >= 15 is 0 Å². The third-order valence-electron chi connectivity index (χ3n) is 1.89. The van der Waals surface area contributed by atoms with Gasteiger partial charge in [-0.15, -0.1) is 5.11 Å². The van der Waals surface area contributed by atoms with Crippen molar-refractivity contribution >= 4 is 0 Å². The number of hydrogen-bond acceptors (Lipinski definition) is 3. The van der Waals surface area contributed by atoms with Gasteiger partial charge in [-0.3, -0.25) is 0 Å². The fraction of sp³-hybridized carbons (Fsp3) is 0.778. The van der Waals surface area contributed by atoms with Gasteiger partial charge in [0.05, 0.1) is 0 Å². The molecule has 0 N–H and O–H groups in total. The maximum Gasteiger partial charge on any atom is 0.149 e. The van der Waals surface area contributed by atoms with Crippen molar-refractivity contribution in [3.05, 3.63) is 12.4 Å². The molecule has 0 fully saturated rings. The van der Waals surface area contributed by atoms with Crippen molar-refractivity contribution in [2.24, 2.45) is 10.2 Å². The third kappa shape index (κ3) is 1.36. The minimum Gasteiger partial charge on any atom is -0.325 e. The first-order valence-corrected chi connectivity index (χ1v) is 4.17. The van der Waals surface area contributed by atoms with Crippen LogP contribution in [-0.2, 0) is 0 Å². The SMILES string of the molecule is C=C1N=NC(C)(C)N1C(C)(C)C. The minimum atomic E-state index is -0.241. The van der Waals surface area contributed by atoms with Crippen molar-refractivity contribution in [3.8, 4) is 0 Å². The molecular formula is C9H17N3. The summed E-state index contributed by atoms with van der Waals surface area (Å²) in [6.07, 6.45) is 0. The summed E-state index contributed by atoms with van der Waals surface area (Å²) in [4.78, 5) is 2.12. The molecule has 1 rings (SSSR count). The van der Waals surface area contributed by atoms with Crippen LogP contribution in [0.15, 0.2) is 22.6 Å². The number of rotatable bonds is 0. The Morgan fingerprint density at radius 1 is 1.33 bits per heavy atom. The molecule has 0 spiro atoms. The standard InChI is InChI=1S/C9H17N3/c1-7-10-11-9(5,6)12(7)8(2,3)4/h1H2,2-6H3. The molecule has 0 saturated carbocycles. The molecule has 1 aliphatic rings. The Bertz CT molecular complexity index is 233. The monoisotopic (exact) mass is 167 g/mol. The molecule has 1 aliphatic heterocycles. The second-order valence-corrected chi connectivity index (χ2v) is 4.62. The number of nitrogens with zero attached hydrogens (tertiary/aromatic N) is 3. The van der Waals surface area contributed by atoms with Gasteiger partial charge in [0, 0.05) is 5.54 Å². The topological polar surface area (TPSA) is 28.0 Å². The first-order chi connectivity index (χ1) is 5.25. The van der Waals surface area contributed by atoms with Gasteiger partial charge in [0.2, 0.25) is 0 Å². The van der Waals surface area contributed by atoms with Crippen molar-refractivity contribution in [3.63, 3.8) is 0 Å². The summed E-state index contributed by atoms with van der Waals surface area (Å²) in [5.74, 6) is 0.757. The molecule has 0 aromatic heterocycles. The number of hydrogen-bond donors (Lipinski definition) is 0. The van der Waals surface area contributed by atoms with E-state index < -0.39 is 0 Å². The van der Waals surface area contributed by atoms with E-state index in [2.05, 4.69) is 42.5 Å². The van der Waals surface area contributed by atoms with Crippen LogP contribution in [0.5, 0.6) is 0 Å². The second-order valence-electron chi connectivity index (χ2n) is 4.62. The quantitative estimate of drug-likeness (QED) is 0.545. The average Bonchev–Trinajstić information content (AvgIpc) is 2.03. The summed E-state index contributed by atoms with van der Waals surface area (Å²) in [6.45, 7) is 14.4. The summed E-state index contributed by atoms with van der Waals surface area (Å²) in [5.41, 5.74) is -0.209. The lowest BCUT2D eigenvalue weighted by molar-refractivity contribution is 0.0925. The lowest BCUT2D eigenvalue weighted by atomic mass is 10.0. The van der Waals surface area contributed by atoms with Gasteiger partial charge in [-0.2, -0.15) is 5.11 Å². The molecular weight excluding hydrogens is 150 g/mol. The molecule has 0 aromatic carbocycles. The van der Waals surface area contributed by atoms with Crippen LogP contribution in [-0.4, -0.2) is 16.1 Å². The lowest BCUT2D eigenvalue weighted by Crippen LogP contribution is -2.49. The summed E-state index contributed by atoms with van der Waals surface area (Å²) in [6, 6.07) is 0. The molecule has 0 atom stereocenters. The van der Waals surface area contributed by atoms with Crippen LogP contribution in [0.4, 0.5) is 0 Å². The fourth-order valence-corrected chi connectivity index (χ4v) is 1.79. The van der Waals surface area contributed by atoms with E-state index in [1.165, 1.54) is 0 Å². The van der Waals surface area contributed by atoms with E-state index in [0.717, 1.165) is 5.82 Å². The smallest absolute Gasteiger partial charge is 0.149 e. The van der Waals surface area contributed by atoms with Crippen molar-refractivity contribution in [2.45, 2.75) is 45.8 Å². The van der Waals surface area contributed by atoms with E-state index in [-0.39, 0.29) is 11.2 Å². The van der Waals surface area contributed by atoms with Gasteiger partial charge in [0.1, 0.15) is 11.5 Å². The second kappa shape index (κ2) is 2.31. The van der Waals surface area contributed by atoms with Gasteiger partial charge in [0.15, 0.2) is 0 Å². The van der Waals surface area contributed by atoms with Crippen LogP contribution in [0.3, 0.4) is 0 Å². The van der Waals surface area contributed by atoms with Crippen molar-refractivity contribution < 1.29 is 0 Å². The Kier molecular flexibility index (Phi) is 1.78. The van der Waals surface area contributed by atoms with Gasteiger partial charge in [0.25, 0.3) is 0 Å². The van der Waals surface area contributed by atoms with Gasteiger partial charge in [-0.1, -0.05) is 6.58 Å². The summed E-state index contributed by atoms with van der Waals surface area (Å²) in [5, 5.41) is 8.14. The molecule has 0 radical (unpaired) electrons. The van der Waals surface area contributed by atoms with Gasteiger partial charge >= 0.3 is 0 Å². The fourth-order valence-electron chi connectivity index (χ4n) is 1.79. The number of azo groups is 1. The van der Waals surface area contributed by atoms with Crippen LogP contribution in [0.25, 0.3) is 0 Å². The van der Waals surface area contributed by atoms with E-state index in [0.29, 0.717) is 0 Å². The Hall–Kier alpha value is -0.860. The summed E-state index contributed by atoms with van der Waals surface area (Å²) < 4.78 is 0. The Labute approximate surface area is 74.2 Å².